The second kappa shape index (κ2) is 8.07. The molecule has 0 saturated heterocycles. The molecular formula is C21H16N4O5S. The lowest BCUT2D eigenvalue weighted by Gasteiger charge is -2.12. The van der Waals surface area contributed by atoms with Crippen LogP contribution in [0.1, 0.15) is 38.0 Å². The third kappa shape index (κ3) is 3.80. The van der Waals surface area contributed by atoms with Crippen molar-refractivity contribution in [3.63, 3.8) is 0 Å². The number of anilines is 1. The zero-order valence-corrected chi connectivity index (χ0v) is 17.1. The zero-order valence-electron chi connectivity index (χ0n) is 16.2. The van der Waals surface area contributed by atoms with Crippen LogP contribution < -0.4 is 16.6 Å². The summed E-state index contributed by atoms with van der Waals surface area (Å²) in [6.45, 7) is 2.02. The highest BCUT2D eigenvalue weighted by atomic mass is 32.2. The molecule has 0 bridgehead atoms. The summed E-state index contributed by atoms with van der Waals surface area (Å²) >= 11 is 1.32. The van der Waals surface area contributed by atoms with E-state index in [0.717, 1.165) is 11.0 Å². The summed E-state index contributed by atoms with van der Waals surface area (Å²) in [6, 6.07) is 11.1. The molecule has 1 aromatic carbocycles. The summed E-state index contributed by atoms with van der Waals surface area (Å²) in [7, 11) is 0. The Bertz CT molecular complexity index is 1280. The summed E-state index contributed by atoms with van der Waals surface area (Å²) in [5.74, 6) is -1.79. The molecule has 0 aliphatic carbocycles. The average molecular weight is 436 g/mol. The van der Waals surface area contributed by atoms with Crippen LogP contribution in [-0.4, -0.2) is 33.9 Å². The number of carbonyl (C=O) groups is 3. The number of aromatic nitrogens is 2. The van der Waals surface area contributed by atoms with Gasteiger partial charge in [0.2, 0.25) is 0 Å². The molecule has 0 spiro atoms. The molecular weight excluding hydrogens is 420 g/mol. The Labute approximate surface area is 180 Å². The molecule has 1 aliphatic rings. The predicted octanol–water partition coefficient (Wildman–Crippen LogP) is 2.03. The lowest BCUT2D eigenvalue weighted by atomic mass is 10.1. The Balaban J connectivity index is 1.62. The number of imide groups is 1. The molecule has 2 amide bonds. The van der Waals surface area contributed by atoms with E-state index in [4.69, 9.17) is 10.5 Å². The molecule has 3 heterocycles. The fourth-order valence-corrected chi connectivity index (χ4v) is 3.95. The Kier molecular flexibility index (Phi) is 5.30. The second-order valence-electron chi connectivity index (χ2n) is 6.47. The third-order valence-corrected chi connectivity index (χ3v) is 5.46. The standard InChI is InChI=1S/C21H16N4O5S/c1-2-30-21(29)11-7-8-23-15(9-11)31-13-5-3-12(4-6-13)25-16(26)10-14-17(18(25)22)20(28)24-19(14)27/h3-10H,2,22H2,1H3,(H,24,27,28). The summed E-state index contributed by atoms with van der Waals surface area (Å²) in [6.07, 6.45) is 1.53. The molecule has 0 radical (unpaired) electrons. The monoisotopic (exact) mass is 436 g/mol. The number of fused-ring (bicyclic) bond motifs is 1. The first-order valence-electron chi connectivity index (χ1n) is 9.21. The third-order valence-electron chi connectivity index (χ3n) is 4.52. The molecule has 1 aliphatic heterocycles. The normalized spacial score (nSPS) is 12.4. The minimum Gasteiger partial charge on any atom is -0.462 e. The first kappa shape index (κ1) is 20.4. The van der Waals surface area contributed by atoms with Crippen molar-refractivity contribution in [2.75, 3.05) is 12.3 Å². The van der Waals surface area contributed by atoms with Crippen molar-refractivity contribution in [1.29, 1.82) is 0 Å². The number of pyridine rings is 2. The number of nitrogen functional groups attached to an aromatic ring is 1. The number of ether oxygens (including phenoxy) is 1. The predicted molar refractivity (Wildman–Crippen MR) is 113 cm³/mol. The zero-order chi connectivity index (χ0) is 22.1. The van der Waals surface area contributed by atoms with Crippen molar-refractivity contribution in [2.24, 2.45) is 0 Å². The number of nitrogens with two attached hydrogens (primary N) is 1. The first-order chi connectivity index (χ1) is 14.9. The summed E-state index contributed by atoms with van der Waals surface area (Å²) in [5, 5.41) is 2.73. The maximum Gasteiger partial charge on any atom is 0.338 e. The topological polar surface area (TPSA) is 133 Å². The van der Waals surface area contributed by atoms with Gasteiger partial charge in [0, 0.05) is 17.2 Å². The molecule has 3 aromatic rings. The SMILES string of the molecule is CCOC(=O)c1ccnc(Sc2ccc(-n3c(N)c4c(cc3=O)C(=O)NC4=O)cc2)c1. The maximum absolute atomic E-state index is 12.5. The van der Waals surface area contributed by atoms with Crippen LogP contribution in [0.2, 0.25) is 0 Å². The number of amides is 2. The van der Waals surface area contributed by atoms with Gasteiger partial charge >= 0.3 is 5.97 Å². The van der Waals surface area contributed by atoms with Gasteiger partial charge in [0.25, 0.3) is 17.4 Å². The number of hydrogen-bond donors (Lipinski definition) is 2. The van der Waals surface area contributed by atoms with Gasteiger partial charge in [0.05, 0.1) is 29.0 Å². The van der Waals surface area contributed by atoms with Crippen molar-refractivity contribution < 1.29 is 19.1 Å². The minimum atomic E-state index is -0.639. The number of nitrogens with zero attached hydrogens (tertiary/aromatic N) is 2. The Morgan fingerprint density at radius 3 is 2.58 bits per heavy atom. The summed E-state index contributed by atoms with van der Waals surface area (Å²) < 4.78 is 6.17. The van der Waals surface area contributed by atoms with E-state index >= 15 is 0 Å². The number of hydrogen-bond acceptors (Lipinski definition) is 8. The smallest absolute Gasteiger partial charge is 0.338 e. The van der Waals surface area contributed by atoms with Gasteiger partial charge in [-0.05, 0) is 43.3 Å². The van der Waals surface area contributed by atoms with Crippen LogP contribution in [0, 0.1) is 0 Å². The molecule has 0 atom stereocenters. The van der Waals surface area contributed by atoms with Gasteiger partial charge in [-0.3, -0.25) is 24.3 Å². The molecule has 0 saturated carbocycles. The highest BCUT2D eigenvalue weighted by Crippen LogP contribution is 2.28. The number of rotatable bonds is 5. The average Bonchev–Trinajstić information content (AvgIpc) is 3.03. The van der Waals surface area contributed by atoms with Gasteiger partial charge in [0.1, 0.15) is 10.8 Å². The van der Waals surface area contributed by atoms with Gasteiger partial charge in [-0.15, -0.1) is 0 Å². The van der Waals surface area contributed by atoms with Crippen LogP contribution in [0.3, 0.4) is 0 Å². The molecule has 2 aromatic heterocycles. The van der Waals surface area contributed by atoms with Crippen molar-refractivity contribution in [1.82, 2.24) is 14.9 Å². The molecule has 10 heteroatoms. The van der Waals surface area contributed by atoms with E-state index < -0.39 is 23.3 Å². The van der Waals surface area contributed by atoms with Gasteiger partial charge < -0.3 is 10.5 Å². The highest BCUT2D eigenvalue weighted by Gasteiger charge is 2.31. The molecule has 4 rings (SSSR count). The van der Waals surface area contributed by atoms with E-state index in [-0.39, 0.29) is 23.6 Å². The highest BCUT2D eigenvalue weighted by molar-refractivity contribution is 7.99. The van der Waals surface area contributed by atoms with Gasteiger partial charge in [-0.25, -0.2) is 9.78 Å². The van der Waals surface area contributed by atoms with Crippen LogP contribution in [0.5, 0.6) is 0 Å². The number of nitrogens with one attached hydrogen (secondary N) is 1. The Morgan fingerprint density at radius 2 is 1.87 bits per heavy atom. The fraction of sp³-hybridized carbons (Fsp3) is 0.0952. The van der Waals surface area contributed by atoms with Gasteiger partial charge in [0.15, 0.2) is 0 Å². The van der Waals surface area contributed by atoms with E-state index in [1.807, 2.05) is 0 Å². The lowest BCUT2D eigenvalue weighted by molar-refractivity contribution is 0.0525. The second-order valence-corrected chi connectivity index (χ2v) is 7.57. The first-order valence-corrected chi connectivity index (χ1v) is 10.0. The van der Waals surface area contributed by atoms with Crippen molar-refractivity contribution >= 4 is 35.4 Å². The molecule has 31 heavy (non-hydrogen) atoms. The molecule has 3 N–H and O–H groups in total. The van der Waals surface area contributed by atoms with E-state index in [0.29, 0.717) is 16.3 Å². The molecule has 9 nitrogen and oxygen atoms in total. The largest absolute Gasteiger partial charge is 0.462 e. The van der Waals surface area contributed by atoms with Crippen molar-refractivity contribution in [3.8, 4) is 5.69 Å². The van der Waals surface area contributed by atoms with Gasteiger partial charge in [-0.1, -0.05) is 11.8 Å². The van der Waals surface area contributed by atoms with Crippen LogP contribution in [0.15, 0.2) is 63.4 Å². The summed E-state index contributed by atoms with van der Waals surface area (Å²) in [4.78, 5) is 53.2. The Morgan fingerprint density at radius 1 is 1.13 bits per heavy atom. The molecule has 156 valence electrons. The molecule has 0 fully saturated rings. The minimum absolute atomic E-state index is 0.0111. The van der Waals surface area contributed by atoms with Crippen molar-refractivity contribution in [2.45, 2.75) is 16.8 Å². The summed E-state index contributed by atoms with van der Waals surface area (Å²) in [5.41, 5.74) is 6.33. The number of benzene rings is 1. The van der Waals surface area contributed by atoms with Crippen LogP contribution in [-0.2, 0) is 4.74 Å². The van der Waals surface area contributed by atoms with Crippen LogP contribution in [0.25, 0.3) is 5.69 Å². The van der Waals surface area contributed by atoms with E-state index in [9.17, 15) is 19.2 Å². The van der Waals surface area contributed by atoms with Crippen molar-refractivity contribution in [3.05, 3.63) is 75.7 Å². The van der Waals surface area contributed by atoms with E-state index in [1.165, 1.54) is 22.5 Å². The lowest BCUT2D eigenvalue weighted by Crippen LogP contribution is -2.24. The Hall–Kier alpha value is -3.92. The van der Waals surface area contributed by atoms with Crippen LogP contribution in [0.4, 0.5) is 5.82 Å². The maximum atomic E-state index is 12.5. The van der Waals surface area contributed by atoms with Crippen LogP contribution >= 0.6 is 11.8 Å². The van der Waals surface area contributed by atoms with E-state index in [1.54, 1.807) is 43.3 Å². The van der Waals surface area contributed by atoms with E-state index in [2.05, 4.69) is 10.3 Å². The molecule has 0 unspecified atom stereocenters. The fourth-order valence-electron chi connectivity index (χ4n) is 3.14. The number of esters is 1. The number of carbonyl (C=O) groups excluding carboxylic acids is 3. The quantitative estimate of drug-likeness (QED) is 0.458. The van der Waals surface area contributed by atoms with Gasteiger partial charge in [-0.2, -0.15) is 0 Å².